The highest BCUT2D eigenvalue weighted by molar-refractivity contribution is 6.00. The maximum atomic E-state index is 12.6. The van der Waals surface area contributed by atoms with E-state index in [-0.39, 0.29) is 11.7 Å². The summed E-state index contributed by atoms with van der Waals surface area (Å²) in [5.41, 5.74) is 4.14. The summed E-state index contributed by atoms with van der Waals surface area (Å²) in [6, 6.07) is 10.5. The van der Waals surface area contributed by atoms with Crippen LogP contribution < -0.4 is 5.43 Å². The van der Waals surface area contributed by atoms with Crippen molar-refractivity contribution in [3.05, 3.63) is 47.7 Å². The molecule has 120 valence electrons. The number of carbonyl (C=O) groups excluding carboxylic acids is 2. The lowest BCUT2D eigenvalue weighted by Crippen LogP contribution is -2.52. The molecular weight excluding hydrogens is 294 g/mol. The third-order valence-electron chi connectivity index (χ3n) is 3.94. The lowest BCUT2D eigenvalue weighted by molar-refractivity contribution is 0.0663. The van der Waals surface area contributed by atoms with E-state index in [1.54, 1.807) is 18.2 Å². The van der Waals surface area contributed by atoms with Crippen LogP contribution in [0.4, 0.5) is 0 Å². The number of amides is 1. The Labute approximate surface area is 134 Å². The molecule has 2 heterocycles. The van der Waals surface area contributed by atoms with Gasteiger partial charge in [0.15, 0.2) is 12.0 Å². The molecule has 1 amide bonds. The SMILES string of the molecule is CN1CCN(NC(=O)c2ccccc2-c2ccc(C=O)o2)CC1. The van der Waals surface area contributed by atoms with Gasteiger partial charge in [-0.15, -0.1) is 0 Å². The van der Waals surface area contributed by atoms with Crippen molar-refractivity contribution in [3.63, 3.8) is 0 Å². The van der Waals surface area contributed by atoms with Crippen molar-refractivity contribution >= 4 is 12.2 Å². The quantitative estimate of drug-likeness (QED) is 0.870. The van der Waals surface area contributed by atoms with Gasteiger partial charge in [0.05, 0.1) is 5.56 Å². The Morgan fingerprint density at radius 3 is 2.57 bits per heavy atom. The Morgan fingerprint density at radius 2 is 1.87 bits per heavy atom. The summed E-state index contributed by atoms with van der Waals surface area (Å²) >= 11 is 0. The van der Waals surface area contributed by atoms with Crippen LogP contribution in [0.25, 0.3) is 11.3 Å². The van der Waals surface area contributed by atoms with Crippen molar-refractivity contribution in [2.24, 2.45) is 0 Å². The first-order valence-corrected chi connectivity index (χ1v) is 7.56. The van der Waals surface area contributed by atoms with Crippen LogP contribution in [0.5, 0.6) is 0 Å². The molecule has 6 heteroatoms. The zero-order valence-corrected chi connectivity index (χ0v) is 13.0. The fourth-order valence-corrected chi connectivity index (χ4v) is 2.58. The molecule has 0 bridgehead atoms. The zero-order chi connectivity index (χ0) is 16.2. The summed E-state index contributed by atoms with van der Waals surface area (Å²) in [6.07, 6.45) is 0.649. The average molecular weight is 313 g/mol. The fraction of sp³-hybridized carbons (Fsp3) is 0.294. The number of hydrogen-bond donors (Lipinski definition) is 1. The Kier molecular flexibility index (Phi) is 4.55. The molecule has 6 nitrogen and oxygen atoms in total. The van der Waals surface area contributed by atoms with Crippen LogP contribution in [-0.4, -0.2) is 55.3 Å². The topological polar surface area (TPSA) is 65.8 Å². The van der Waals surface area contributed by atoms with Crippen molar-refractivity contribution in [2.45, 2.75) is 0 Å². The normalized spacial score (nSPS) is 16.2. The number of piperazine rings is 1. The van der Waals surface area contributed by atoms with Crippen molar-refractivity contribution < 1.29 is 14.0 Å². The number of nitrogens with zero attached hydrogens (tertiary/aromatic N) is 2. The molecule has 1 aliphatic rings. The molecule has 1 fully saturated rings. The highest BCUT2D eigenvalue weighted by Crippen LogP contribution is 2.25. The highest BCUT2D eigenvalue weighted by Gasteiger charge is 2.19. The van der Waals surface area contributed by atoms with E-state index in [2.05, 4.69) is 17.4 Å². The van der Waals surface area contributed by atoms with Gasteiger partial charge in [0.1, 0.15) is 5.76 Å². The largest absolute Gasteiger partial charge is 0.453 e. The standard InChI is InChI=1S/C17H19N3O3/c1-19-8-10-20(11-9-19)18-17(22)15-5-3-2-4-14(15)16-7-6-13(12-21)23-16/h2-7,12H,8-11H2,1H3,(H,18,22). The van der Waals surface area contributed by atoms with Crippen LogP contribution in [0.15, 0.2) is 40.8 Å². The van der Waals surface area contributed by atoms with Gasteiger partial charge in [-0.1, -0.05) is 18.2 Å². The molecule has 1 aliphatic heterocycles. The summed E-state index contributed by atoms with van der Waals surface area (Å²) < 4.78 is 5.45. The molecule has 2 aromatic rings. The Bertz CT molecular complexity index is 703. The van der Waals surface area contributed by atoms with Crippen molar-refractivity contribution in [3.8, 4) is 11.3 Å². The van der Waals surface area contributed by atoms with Gasteiger partial charge in [0.25, 0.3) is 5.91 Å². The smallest absolute Gasteiger partial charge is 0.266 e. The molecule has 0 unspecified atom stereocenters. The van der Waals surface area contributed by atoms with Gasteiger partial charge in [-0.2, -0.15) is 0 Å². The van der Waals surface area contributed by atoms with E-state index < -0.39 is 0 Å². The van der Waals surface area contributed by atoms with Gasteiger partial charge < -0.3 is 9.32 Å². The van der Waals surface area contributed by atoms with Crippen LogP contribution in [0.2, 0.25) is 0 Å². The van der Waals surface area contributed by atoms with Crippen LogP contribution in [0, 0.1) is 0 Å². The molecule has 1 N–H and O–H groups in total. The summed E-state index contributed by atoms with van der Waals surface area (Å²) in [4.78, 5) is 25.6. The van der Waals surface area contributed by atoms with Crippen LogP contribution in [0.3, 0.4) is 0 Å². The molecule has 0 atom stereocenters. The van der Waals surface area contributed by atoms with Crippen molar-refractivity contribution in [1.82, 2.24) is 15.3 Å². The van der Waals surface area contributed by atoms with E-state index in [0.29, 0.717) is 23.2 Å². The summed E-state index contributed by atoms with van der Waals surface area (Å²) in [5.74, 6) is 0.583. The zero-order valence-electron chi connectivity index (χ0n) is 13.0. The predicted octanol–water partition coefficient (Wildman–Crippen LogP) is 1.65. The number of hydrazine groups is 1. The number of carbonyl (C=O) groups is 2. The van der Waals surface area contributed by atoms with Crippen molar-refractivity contribution in [1.29, 1.82) is 0 Å². The molecular formula is C17H19N3O3. The van der Waals surface area contributed by atoms with E-state index in [9.17, 15) is 9.59 Å². The number of aldehydes is 1. The Balaban J connectivity index is 1.79. The molecule has 0 radical (unpaired) electrons. The monoisotopic (exact) mass is 313 g/mol. The fourth-order valence-electron chi connectivity index (χ4n) is 2.58. The summed E-state index contributed by atoms with van der Waals surface area (Å²) in [5, 5.41) is 1.93. The number of likely N-dealkylation sites (N-methyl/N-ethyl adjacent to an activating group) is 1. The minimum absolute atomic E-state index is 0.172. The first-order chi connectivity index (χ1) is 11.2. The summed E-state index contributed by atoms with van der Waals surface area (Å²) in [7, 11) is 2.07. The number of benzene rings is 1. The minimum atomic E-state index is -0.172. The van der Waals surface area contributed by atoms with Crippen LogP contribution in [0.1, 0.15) is 20.9 Å². The summed E-state index contributed by atoms with van der Waals surface area (Å²) in [6.45, 7) is 3.42. The third-order valence-corrected chi connectivity index (χ3v) is 3.94. The number of hydrogen-bond acceptors (Lipinski definition) is 5. The van der Waals surface area contributed by atoms with E-state index in [1.165, 1.54) is 0 Å². The van der Waals surface area contributed by atoms with Gasteiger partial charge in [-0.05, 0) is 25.2 Å². The lowest BCUT2D eigenvalue weighted by atomic mass is 10.1. The molecule has 3 rings (SSSR count). The second-order valence-corrected chi connectivity index (χ2v) is 5.60. The van der Waals surface area contributed by atoms with Gasteiger partial charge in [0, 0.05) is 31.7 Å². The van der Waals surface area contributed by atoms with Gasteiger partial charge in [-0.3, -0.25) is 15.0 Å². The second kappa shape index (κ2) is 6.76. The second-order valence-electron chi connectivity index (χ2n) is 5.60. The first-order valence-electron chi connectivity index (χ1n) is 7.56. The Morgan fingerprint density at radius 1 is 1.13 bits per heavy atom. The highest BCUT2D eigenvalue weighted by atomic mass is 16.3. The van der Waals surface area contributed by atoms with Crippen LogP contribution >= 0.6 is 0 Å². The predicted molar refractivity (Wildman–Crippen MR) is 86.1 cm³/mol. The van der Waals surface area contributed by atoms with E-state index in [1.807, 2.05) is 23.2 Å². The molecule has 0 spiro atoms. The number of furan rings is 1. The number of rotatable bonds is 4. The van der Waals surface area contributed by atoms with Gasteiger partial charge >= 0.3 is 0 Å². The molecule has 1 aromatic carbocycles. The number of nitrogens with one attached hydrogen (secondary N) is 1. The Hall–Kier alpha value is -2.44. The average Bonchev–Trinajstić information content (AvgIpc) is 3.06. The molecule has 23 heavy (non-hydrogen) atoms. The van der Waals surface area contributed by atoms with Crippen molar-refractivity contribution in [2.75, 3.05) is 33.2 Å². The molecule has 0 saturated carbocycles. The maximum Gasteiger partial charge on any atom is 0.266 e. The first kappa shape index (κ1) is 15.5. The van der Waals surface area contributed by atoms with Gasteiger partial charge in [0.2, 0.25) is 0 Å². The minimum Gasteiger partial charge on any atom is -0.453 e. The maximum absolute atomic E-state index is 12.6. The van der Waals surface area contributed by atoms with E-state index in [0.717, 1.165) is 26.2 Å². The molecule has 0 aliphatic carbocycles. The van der Waals surface area contributed by atoms with E-state index >= 15 is 0 Å². The lowest BCUT2D eigenvalue weighted by Gasteiger charge is -2.32. The molecule has 1 aromatic heterocycles. The molecule has 1 saturated heterocycles. The third kappa shape index (κ3) is 3.49. The van der Waals surface area contributed by atoms with Gasteiger partial charge in [-0.25, -0.2) is 5.01 Å². The van der Waals surface area contributed by atoms with E-state index in [4.69, 9.17) is 4.42 Å². The van der Waals surface area contributed by atoms with Crippen LogP contribution in [-0.2, 0) is 0 Å².